The van der Waals surface area contributed by atoms with E-state index in [1.807, 2.05) is 26.8 Å². The number of benzene rings is 1. The molecule has 3 rings (SSSR count). The van der Waals surface area contributed by atoms with Crippen LogP contribution in [0.5, 0.6) is 0 Å². The lowest BCUT2D eigenvalue weighted by atomic mass is 9.96. The predicted molar refractivity (Wildman–Crippen MR) is 123 cm³/mol. The molecule has 0 aliphatic rings. The number of aromatic nitrogens is 4. The highest BCUT2D eigenvalue weighted by Crippen LogP contribution is 2.23. The van der Waals surface area contributed by atoms with Crippen molar-refractivity contribution in [2.75, 3.05) is 11.0 Å². The summed E-state index contributed by atoms with van der Waals surface area (Å²) in [5, 5.41) is 7.42. The minimum absolute atomic E-state index is 0.108. The molecular weight excluding hydrogens is 447 g/mol. The highest BCUT2D eigenvalue weighted by atomic mass is 32.2. The monoisotopic (exact) mass is 474 g/mol. The molecule has 0 aliphatic carbocycles. The van der Waals surface area contributed by atoms with Crippen molar-refractivity contribution in [3.63, 3.8) is 0 Å². The number of nitrogens with zero attached hydrogens (tertiary/aromatic N) is 4. The molecule has 1 aromatic carbocycles. The first-order chi connectivity index (χ1) is 15.3. The van der Waals surface area contributed by atoms with Gasteiger partial charge in [0.2, 0.25) is 15.9 Å². The second kappa shape index (κ2) is 9.26. The molecule has 11 heteroatoms. The third-order valence-electron chi connectivity index (χ3n) is 4.84. The third kappa shape index (κ3) is 6.13. The Balaban J connectivity index is 1.78. The Morgan fingerprint density at radius 2 is 1.97 bits per heavy atom. The van der Waals surface area contributed by atoms with Gasteiger partial charge in [0.25, 0.3) is 0 Å². The van der Waals surface area contributed by atoms with E-state index in [-0.39, 0.29) is 23.6 Å². The van der Waals surface area contributed by atoms with Gasteiger partial charge in [-0.25, -0.2) is 22.5 Å². The summed E-state index contributed by atoms with van der Waals surface area (Å²) in [6, 6.07) is 7.58. The summed E-state index contributed by atoms with van der Waals surface area (Å²) in [5.41, 5.74) is 0.661. The number of nitrogens with one attached hydrogen (secondary N) is 2. The van der Waals surface area contributed by atoms with Crippen LogP contribution in [-0.4, -0.2) is 40.3 Å². The molecule has 1 atom stereocenters. The fraction of sp³-hybridized carbons (Fsp3) is 0.364. The lowest BCUT2D eigenvalue weighted by molar-refractivity contribution is -0.122. The summed E-state index contributed by atoms with van der Waals surface area (Å²) >= 11 is 0. The van der Waals surface area contributed by atoms with Crippen molar-refractivity contribution in [1.82, 2.24) is 25.1 Å². The second-order valence-electron chi connectivity index (χ2n) is 8.78. The van der Waals surface area contributed by atoms with Crippen LogP contribution < -0.4 is 10.0 Å². The van der Waals surface area contributed by atoms with Crippen molar-refractivity contribution in [3.8, 4) is 5.69 Å². The largest absolute Gasteiger partial charge is 0.348 e. The molecule has 0 aliphatic heterocycles. The van der Waals surface area contributed by atoms with Gasteiger partial charge < -0.3 is 5.32 Å². The molecule has 3 aromatic rings. The molecule has 1 unspecified atom stereocenters. The number of rotatable bonds is 7. The van der Waals surface area contributed by atoms with Gasteiger partial charge in [0, 0.05) is 11.6 Å². The van der Waals surface area contributed by atoms with Gasteiger partial charge in [0.1, 0.15) is 5.82 Å². The zero-order chi connectivity index (χ0) is 24.4. The molecule has 33 heavy (non-hydrogen) atoms. The summed E-state index contributed by atoms with van der Waals surface area (Å²) in [7, 11) is -3.61. The van der Waals surface area contributed by atoms with Crippen LogP contribution in [0.1, 0.15) is 50.8 Å². The van der Waals surface area contributed by atoms with Crippen molar-refractivity contribution >= 4 is 21.6 Å². The molecule has 9 nitrogen and oxygen atoms in total. The van der Waals surface area contributed by atoms with E-state index in [4.69, 9.17) is 0 Å². The number of anilines is 1. The molecular formula is C22H27FN6O3S. The average Bonchev–Trinajstić information content (AvgIpc) is 3.17. The highest BCUT2D eigenvalue weighted by Gasteiger charge is 2.24. The number of hydrogen-bond acceptors (Lipinski definition) is 6. The van der Waals surface area contributed by atoms with Gasteiger partial charge in [-0.15, -0.1) is 0 Å². The third-order valence-corrected chi connectivity index (χ3v) is 5.43. The normalized spacial score (nSPS) is 12.9. The Labute approximate surface area is 192 Å². The molecule has 1 amide bonds. The van der Waals surface area contributed by atoms with Gasteiger partial charge in [0.15, 0.2) is 11.6 Å². The smallest absolute Gasteiger partial charge is 0.229 e. The second-order valence-corrected chi connectivity index (χ2v) is 10.5. The average molecular weight is 475 g/mol. The Morgan fingerprint density at radius 1 is 1.24 bits per heavy atom. The van der Waals surface area contributed by atoms with Gasteiger partial charge in [0.05, 0.1) is 36.3 Å². The Morgan fingerprint density at radius 3 is 2.55 bits per heavy atom. The Hall–Kier alpha value is -3.34. The van der Waals surface area contributed by atoms with Gasteiger partial charge in [-0.2, -0.15) is 5.10 Å². The molecule has 2 N–H and O–H groups in total. The molecule has 176 valence electrons. The fourth-order valence-electron chi connectivity index (χ4n) is 3.02. The van der Waals surface area contributed by atoms with Crippen LogP contribution in [-0.2, 0) is 26.8 Å². The molecule has 0 radical (unpaired) electrons. The summed E-state index contributed by atoms with van der Waals surface area (Å²) in [6.07, 6.45) is 4.25. The van der Waals surface area contributed by atoms with Crippen molar-refractivity contribution in [1.29, 1.82) is 0 Å². The first kappa shape index (κ1) is 24.3. The van der Waals surface area contributed by atoms with Crippen molar-refractivity contribution in [2.24, 2.45) is 0 Å². The topological polar surface area (TPSA) is 119 Å². The summed E-state index contributed by atoms with van der Waals surface area (Å²) in [6.45, 7) is 7.74. The van der Waals surface area contributed by atoms with Crippen LogP contribution in [0.15, 0.2) is 42.7 Å². The molecule has 0 fully saturated rings. The van der Waals surface area contributed by atoms with Crippen molar-refractivity contribution in [2.45, 2.75) is 45.6 Å². The Kier molecular flexibility index (Phi) is 6.82. The van der Waals surface area contributed by atoms with Crippen LogP contribution >= 0.6 is 0 Å². The number of carbonyl (C=O) groups is 1. The fourth-order valence-corrected chi connectivity index (χ4v) is 3.58. The van der Waals surface area contributed by atoms with Crippen LogP contribution in [0.25, 0.3) is 5.69 Å². The molecule has 2 heterocycles. The zero-order valence-electron chi connectivity index (χ0n) is 19.1. The lowest BCUT2D eigenvalue weighted by Crippen LogP contribution is -2.29. The maximum atomic E-state index is 14.3. The van der Waals surface area contributed by atoms with Crippen molar-refractivity contribution < 1.29 is 17.6 Å². The van der Waals surface area contributed by atoms with Gasteiger partial charge in [-0.3, -0.25) is 14.5 Å². The van der Waals surface area contributed by atoms with Crippen molar-refractivity contribution in [3.05, 3.63) is 65.8 Å². The maximum absolute atomic E-state index is 14.3. The number of amides is 1. The highest BCUT2D eigenvalue weighted by molar-refractivity contribution is 7.92. The number of halogens is 1. The quantitative estimate of drug-likeness (QED) is 0.544. The van der Waals surface area contributed by atoms with E-state index in [1.165, 1.54) is 12.1 Å². The molecule has 0 bridgehead atoms. The van der Waals surface area contributed by atoms with Gasteiger partial charge >= 0.3 is 0 Å². The number of hydrogen-bond donors (Lipinski definition) is 2. The van der Waals surface area contributed by atoms with E-state index >= 15 is 0 Å². The standard InChI is InChI=1S/C22H27FN6O3S/c1-14(15-8-9-18(17(23)11-15)28-33(5,31)32)20(30)25-13-19-26-21(22(2,3)4)27-29(19)16-7-6-10-24-12-16/h6-12,14,28H,13H2,1-5H3,(H,25,30). The number of carbonyl (C=O) groups excluding carboxylic acids is 1. The van der Waals surface area contributed by atoms with E-state index in [1.54, 1.807) is 30.1 Å². The van der Waals surface area contributed by atoms with E-state index in [9.17, 15) is 17.6 Å². The molecule has 0 spiro atoms. The number of pyridine rings is 1. The van der Waals surface area contributed by atoms with E-state index in [2.05, 4.69) is 25.1 Å². The van der Waals surface area contributed by atoms with Gasteiger partial charge in [-0.1, -0.05) is 26.8 Å². The van der Waals surface area contributed by atoms with E-state index in [0.29, 0.717) is 22.9 Å². The first-order valence-corrected chi connectivity index (χ1v) is 12.2. The minimum atomic E-state index is -3.61. The summed E-state index contributed by atoms with van der Waals surface area (Å²) in [5.74, 6) is -0.615. The van der Waals surface area contributed by atoms with Crippen LogP contribution in [0.2, 0.25) is 0 Å². The Bertz CT molecular complexity index is 1250. The minimum Gasteiger partial charge on any atom is -0.348 e. The summed E-state index contributed by atoms with van der Waals surface area (Å²) < 4.78 is 40.7. The molecule has 0 saturated heterocycles. The zero-order valence-corrected chi connectivity index (χ0v) is 19.9. The van der Waals surface area contributed by atoms with E-state index in [0.717, 1.165) is 12.3 Å². The maximum Gasteiger partial charge on any atom is 0.229 e. The van der Waals surface area contributed by atoms with E-state index < -0.39 is 21.8 Å². The predicted octanol–water partition coefficient (Wildman–Crippen LogP) is 2.89. The van der Waals surface area contributed by atoms with Crippen LogP contribution in [0.4, 0.5) is 10.1 Å². The SMILES string of the molecule is CC(C(=O)NCc1nc(C(C)(C)C)nn1-c1cccnc1)c1ccc(NS(C)(=O)=O)c(F)c1. The molecule has 0 saturated carbocycles. The number of sulfonamides is 1. The first-order valence-electron chi connectivity index (χ1n) is 10.3. The molecule has 2 aromatic heterocycles. The van der Waals surface area contributed by atoms with Crippen LogP contribution in [0.3, 0.4) is 0 Å². The lowest BCUT2D eigenvalue weighted by Gasteiger charge is -2.14. The van der Waals surface area contributed by atoms with Crippen LogP contribution in [0, 0.1) is 5.82 Å². The summed E-state index contributed by atoms with van der Waals surface area (Å²) in [4.78, 5) is 21.5. The van der Waals surface area contributed by atoms with Gasteiger partial charge in [-0.05, 0) is 36.8 Å².